The quantitative estimate of drug-likeness (QED) is 0.482. The summed E-state index contributed by atoms with van der Waals surface area (Å²) in [6, 6.07) is 0. The zero-order valence-electron chi connectivity index (χ0n) is 4.59. The Morgan fingerprint density at radius 3 is 2.88 bits per heavy atom. The zero-order valence-corrected chi connectivity index (χ0v) is 4.59. The fourth-order valence-electron chi connectivity index (χ4n) is 0.493. The van der Waals surface area contributed by atoms with Crippen molar-refractivity contribution in [2.24, 2.45) is 10.2 Å². The van der Waals surface area contributed by atoms with E-state index in [0.717, 1.165) is 0 Å². The van der Waals surface area contributed by atoms with E-state index < -0.39 is 0 Å². The number of Topliss-reactive ketones (excluding diaryl/α,β-unsaturated/α-hetero) is 1. The van der Waals surface area contributed by atoms with E-state index in [4.69, 9.17) is 0 Å². The Hall–Kier alpha value is -0.990. The summed E-state index contributed by atoms with van der Waals surface area (Å²) in [5, 5.41) is 7.10. The summed E-state index contributed by atoms with van der Waals surface area (Å²) in [5.41, 5.74) is 0.560. The van der Waals surface area contributed by atoms with Gasteiger partial charge >= 0.3 is 0 Å². The van der Waals surface area contributed by atoms with E-state index in [1.54, 1.807) is 6.21 Å². The van der Waals surface area contributed by atoms with Crippen LogP contribution in [0.2, 0.25) is 0 Å². The number of ketones is 1. The molecule has 1 aliphatic heterocycles. The van der Waals surface area contributed by atoms with E-state index in [2.05, 4.69) is 10.2 Å². The largest absolute Gasteiger partial charge is 0.293 e. The second-order valence-corrected chi connectivity index (χ2v) is 1.61. The lowest BCUT2D eigenvalue weighted by Gasteiger charge is -1.84. The molecule has 0 amide bonds. The topological polar surface area (TPSA) is 41.8 Å². The van der Waals surface area contributed by atoms with Crippen LogP contribution in [0.4, 0.5) is 0 Å². The van der Waals surface area contributed by atoms with Crippen LogP contribution in [0.15, 0.2) is 10.2 Å². The maximum absolute atomic E-state index is 10.4. The van der Waals surface area contributed by atoms with Gasteiger partial charge in [0.1, 0.15) is 5.71 Å². The van der Waals surface area contributed by atoms with Gasteiger partial charge in [-0.1, -0.05) is 0 Å². The monoisotopic (exact) mass is 110 g/mol. The Balaban J connectivity index is 2.64. The van der Waals surface area contributed by atoms with Gasteiger partial charge in [0.15, 0.2) is 5.78 Å². The predicted octanol–water partition coefficient (Wildman–Crippen LogP) is 0.406. The summed E-state index contributed by atoms with van der Waals surface area (Å²) in [6.45, 7) is 1.49. The van der Waals surface area contributed by atoms with E-state index in [1.165, 1.54) is 6.92 Å². The van der Waals surface area contributed by atoms with Crippen molar-refractivity contribution in [2.45, 2.75) is 13.3 Å². The maximum atomic E-state index is 10.4. The van der Waals surface area contributed by atoms with Crippen molar-refractivity contribution in [2.75, 3.05) is 0 Å². The summed E-state index contributed by atoms with van der Waals surface area (Å²) in [5.74, 6) is 0.0162. The number of rotatable bonds is 1. The summed E-state index contributed by atoms with van der Waals surface area (Å²) in [7, 11) is 0. The summed E-state index contributed by atoms with van der Waals surface area (Å²) < 4.78 is 0. The van der Waals surface area contributed by atoms with E-state index in [1.807, 2.05) is 0 Å². The highest BCUT2D eigenvalue weighted by atomic mass is 16.1. The van der Waals surface area contributed by atoms with Gasteiger partial charge in [-0.05, 0) is 0 Å². The van der Waals surface area contributed by atoms with Gasteiger partial charge in [0.2, 0.25) is 0 Å². The molecule has 0 aromatic heterocycles. The minimum Gasteiger partial charge on any atom is -0.293 e. The molecule has 0 atom stereocenters. The highest BCUT2D eigenvalue weighted by molar-refractivity contribution is 6.41. The van der Waals surface area contributed by atoms with Gasteiger partial charge in [0.05, 0.1) is 0 Å². The van der Waals surface area contributed by atoms with Crippen molar-refractivity contribution >= 4 is 17.7 Å². The van der Waals surface area contributed by atoms with Crippen LogP contribution in [0.1, 0.15) is 13.3 Å². The molecule has 3 nitrogen and oxygen atoms in total. The number of hydrogen-bond donors (Lipinski definition) is 0. The minimum absolute atomic E-state index is 0.0162. The fraction of sp³-hybridized carbons (Fsp3) is 0.400. The van der Waals surface area contributed by atoms with E-state index in [9.17, 15) is 4.79 Å². The number of carbonyl (C=O) groups is 1. The van der Waals surface area contributed by atoms with Crippen molar-refractivity contribution < 1.29 is 4.79 Å². The van der Waals surface area contributed by atoms with Gasteiger partial charge in [-0.15, -0.1) is 0 Å². The Morgan fingerprint density at radius 1 is 1.88 bits per heavy atom. The lowest BCUT2D eigenvalue weighted by Crippen LogP contribution is -2.06. The van der Waals surface area contributed by atoms with Crippen LogP contribution in [-0.2, 0) is 4.79 Å². The second kappa shape index (κ2) is 1.86. The molecule has 1 heterocycles. The van der Waals surface area contributed by atoms with Crippen LogP contribution in [0.25, 0.3) is 0 Å². The SMILES string of the molecule is CC(=O)C1=NN=CC1. The third kappa shape index (κ3) is 0.804. The third-order valence-electron chi connectivity index (χ3n) is 0.951. The molecule has 1 aliphatic rings. The van der Waals surface area contributed by atoms with Gasteiger partial charge in [-0.25, -0.2) is 0 Å². The smallest absolute Gasteiger partial charge is 0.176 e. The molecule has 0 N–H and O–H groups in total. The lowest BCUT2D eigenvalue weighted by molar-refractivity contribution is -0.111. The Labute approximate surface area is 47.1 Å². The summed E-state index contributed by atoms with van der Waals surface area (Å²) in [6.07, 6.45) is 2.23. The molecule has 3 heteroatoms. The number of carbonyl (C=O) groups excluding carboxylic acids is 1. The molecule has 0 aromatic carbocycles. The highest BCUT2D eigenvalue weighted by Crippen LogP contribution is 1.94. The molecule has 1 rings (SSSR count). The van der Waals surface area contributed by atoms with Crippen molar-refractivity contribution in [1.29, 1.82) is 0 Å². The Kier molecular flexibility index (Phi) is 1.20. The summed E-state index contributed by atoms with van der Waals surface area (Å²) >= 11 is 0. The molecular formula is C5H6N2O. The van der Waals surface area contributed by atoms with Crippen molar-refractivity contribution in [3.05, 3.63) is 0 Å². The minimum atomic E-state index is 0.0162. The molecule has 0 aromatic rings. The standard InChI is InChI=1S/C5H6N2O/c1-4(8)5-2-3-6-7-5/h3H,2H2,1H3. The fourth-order valence-corrected chi connectivity index (χ4v) is 0.493. The highest BCUT2D eigenvalue weighted by Gasteiger charge is 2.06. The number of hydrogen-bond acceptors (Lipinski definition) is 3. The van der Waals surface area contributed by atoms with Crippen LogP contribution in [-0.4, -0.2) is 17.7 Å². The average Bonchev–Trinajstić information content (AvgIpc) is 2.12. The molecule has 0 fully saturated rings. The van der Waals surface area contributed by atoms with Gasteiger partial charge in [-0.3, -0.25) is 4.79 Å². The first-order chi connectivity index (χ1) is 3.80. The van der Waals surface area contributed by atoms with E-state index in [0.29, 0.717) is 12.1 Å². The van der Waals surface area contributed by atoms with E-state index in [-0.39, 0.29) is 5.78 Å². The molecular weight excluding hydrogens is 104 g/mol. The molecule has 0 spiro atoms. The van der Waals surface area contributed by atoms with Gasteiger partial charge in [0, 0.05) is 19.6 Å². The molecule has 0 saturated heterocycles. The molecule has 0 saturated carbocycles. The van der Waals surface area contributed by atoms with Crippen molar-refractivity contribution in [1.82, 2.24) is 0 Å². The molecule has 0 bridgehead atoms. The maximum Gasteiger partial charge on any atom is 0.176 e. The third-order valence-corrected chi connectivity index (χ3v) is 0.951. The van der Waals surface area contributed by atoms with Gasteiger partial charge in [-0.2, -0.15) is 10.2 Å². The first kappa shape index (κ1) is 5.15. The van der Waals surface area contributed by atoms with E-state index >= 15 is 0 Å². The van der Waals surface area contributed by atoms with Crippen LogP contribution in [0.3, 0.4) is 0 Å². The zero-order chi connectivity index (χ0) is 5.98. The van der Waals surface area contributed by atoms with Crippen LogP contribution in [0.5, 0.6) is 0 Å². The Bertz CT molecular complexity index is 169. The molecule has 0 radical (unpaired) electrons. The lowest BCUT2D eigenvalue weighted by atomic mass is 10.2. The predicted molar refractivity (Wildman–Crippen MR) is 31.2 cm³/mol. The Morgan fingerprint density at radius 2 is 2.62 bits per heavy atom. The molecule has 42 valence electrons. The van der Waals surface area contributed by atoms with Crippen molar-refractivity contribution in [3.8, 4) is 0 Å². The first-order valence-corrected chi connectivity index (χ1v) is 2.40. The molecule has 8 heavy (non-hydrogen) atoms. The normalized spacial score (nSPS) is 16.4. The molecule has 0 aliphatic carbocycles. The van der Waals surface area contributed by atoms with Crippen LogP contribution >= 0.6 is 0 Å². The van der Waals surface area contributed by atoms with Crippen LogP contribution in [0, 0.1) is 0 Å². The average molecular weight is 110 g/mol. The van der Waals surface area contributed by atoms with Gasteiger partial charge in [0.25, 0.3) is 0 Å². The first-order valence-electron chi connectivity index (χ1n) is 2.40. The molecule has 0 unspecified atom stereocenters. The van der Waals surface area contributed by atoms with Gasteiger partial charge < -0.3 is 0 Å². The van der Waals surface area contributed by atoms with Crippen molar-refractivity contribution in [3.63, 3.8) is 0 Å². The number of nitrogens with zero attached hydrogens (tertiary/aromatic N) is 2. The van der Waals surface area contributed by atoms with Crippen LogP contribution < -0.4 is 0 Å². The summed E-state index contributed by atoms with van der Waals surface area (Å²) in [4.78, 5) is 10.4. The second-order valence-electron chi connectivity index (χ2n) is 1.61.